The Morgan fingerprint density at radius 1 is 1.00 bits per heavy atom. The Bertz CT molecular complexity index is 832. The Labute approximate surface area is 178 Å². The van der Waals surface area contributed by atoms with Crippen LogP contribution in [0.25, 0.3) is 0 Å². The van der Waals surface area contributed by atoms with Crippen LogP contribution in [-0.4, -0.2) is 61.1 Å². The molecule has 1 heterocycles. The number of para-hydroxylation sites is 2. The third-order valence-corrected chi connectivity index (χ3v) is 5.07. The van der Waals surface area contributed by atoms with Gasteiger partial charge >= 0.3 is 0 Å². The smallest absolute Gasteiger partial charge is 0.222 e. The molecular weight excluding hydrogens is 378 g/mol. The van der Waals surface area contributed by atoms with Gasteiger partial charge in [0, 0.05) is 45.7 Å². The van der Waals surface area contributed by atoms with Crippen LogP contribution in [0.2, 0.25) is 0 Å². The molecule has 0 radical (unpaired) electrons. The predicted molar refractivity (Wildman–Crippen MR) is 121 cm³/mol. The zero-order chi connectivity index (χ0) is 21.2. The molecule has 0 aliphatic carbocycles. The average Bonchev–Trinajstić information content (AvgIpc) is 2.78. The Morgan fingerprint density at radius 3 is 2.40 bits per heavy atom. The standard InChI is InChI=1S/C23H31N5O2/c1-2-24-23(25-13-12-22(30)26-18-19-8-4-3-5-9-19)28-16-14-27(15-17-28)20-10-6-7-11-21(20)29/h3-11,29H,2,12-18H2,1H3,(H,24,25)(H,26,30). The number of hydrogen-bond acceptors (Lipinski definition) is 4. The third-order valence-electron chi connectivity index (χ3n) is 5.07. The first-order valence-corrected chi connectivity index (χ1v) is 10.5. The minimum Gasteiger partial charge on any atom is -0.506 e. The number of rotatable bonds is 7. The summed E-state index contributed by atoms with van der Waals surface area (Å²) in [6, 6.07) is 17.3. The first kappa shape index (κ1) is 21.5. The molecule has 0 aromatic heterocycles. The van der Waals surface area contributed by atoms with Crippen molar-refractivity contribution in [3.05, 3.63) is 60.2 Å². The number of amides is 1. The average molecular weight is 410 g/mol. The Morgan fingerprint density at radius 2 is 1.70 bits per heavy atom. The summed E-state index contributed by atoms with van der Waals surface area (Å²) < 4.78 is 0. The van der Waals surface area contributed by atoms with Crippen molar-refractivity contribution in [2.24, 2.45) is 4.99 Å². The van der Waals surface area contributed by atoms with Crippen molar-refractivity contribution in [2.45, 2.75) is 19.9 Å². The lowest BCUT2D eigenvalue weighted by atomic mass is 10.2. The fourth-order valence-electron chi connectivity index (χ4n) is 3.46. The van der Waals surface area contributed by atoms with E-state index in [0.29, 0.717) is 25.3 Å². The molecule has 1 saturated heterocycles. The number of aromatic hydroxyl groups is 1. The number of nitrogens with zero attached hydrogens (tertiary/aromatic N) is 3. The fourth-order valence-corrected chi connectivity index (χ4v) is 3.46. The number of nitrogens with one attached hydrogen (secondary N) is 2. The van der Waals surface area contributed by atoms with Crippen molar-refractivity contribution in [3.63, 3.8) is 0 Å². The zero-order valence-electron chi connectivity index (χ0n) is 17.6. The van der Waals surface area contributed by atoms with Gasteiger partial charge in [-0.3, -0.25) is 9.79 Å². The van der Waals surface area contributed by atoms with E-state index in [4.69, 9.17) is 0 Å². The van der Waals surface area contributed by atoms with Crippen LogP contribution in [0.1, 0.15) is 18.9 Å². The second kappa shape index (κ2) is 11.1. The highest BCUT2D eigenvalue weighted by molar-refractivity contribution is 5.81. The highest BCUT2D eigenvalue weighted by Gasteiger charge is 2.21. The molecule has 3 N–H and O–H groups in total. The zero-order valence-corrected chi connectivity index (χ0v) is 17.6. The first-order chi connectivity index (χ1) is 14.7. The number of carbonyl (C=O) groups is 1. The van der Waals surface area contributed by atoms with E-state index in [1.807, 2.05) is 55.5 Å². The van der Waals surface area contributed by atoms with E-state index in [-0.39, 0.29) is 5.91 Å². The third kappa shape index (κ3) is 6.14. The minimum absolute atomic E-state index is 0.00261. The van der Waals surface area contributed by atoms with E-state index in [0.717, 1.165) is 49.9 Å². The van der Waals surface area contributed by atoms with E-state index in [9.17, 15) is 9.90 Å². The number of aliphatic imine (C=N–C) groups is 1. The fraction of sp³-hybridized carbons (Fsp3) is 0.391. The van der Waals surface area contributed by atoms with Crippen molar-refractivity contribution in [2.75, 3.05) is 44.2 Å². The van der Waals surface area contributed by atoms with Gasteiger partial charge in [-0.15, -0.1) is 0 Å². The van der Waals surface area contributed by atoms with Crippen LogP contribution in [0.5, 0.6) is 5.75 Å². The number of guanidine groups is 1. The second-order valence-electron chi connectivity index (χ2n) is 7.21. The summed E-state index contributed by atoms with van der Waals surface area (Å²) in [6.07, 6.45) is 0.361. The highest BCUT2D eigenvalue weighted by Crippen LogP contribution is 2.27. The maximum absolute atomic E-state index is 12.1. The van der Waals surface area contributed by atoms with Crippen LogP contribution in [0.15, 0.2) is 59.6 Å². The first-order valence-electron chi connectivity index (χ1n) is 10.5. The quantitative estimate of drug-likeness (QED) is 0.483. The van der Waals surface area contributed by atoms with Gasteiger partial charge in [-0.2, -0.15) is 0 Å². The van der Waals surface area contributed by atoms with Gasteiger partial charge in [-0.25, -0.2) is 0 Å². The van der Waals surface area contributed by atoms with E-state index in [1.165, 1.54) is 0 Å². The molecule has 0 saturated carbocycles. The van der Waals surface area contributed by atoms with Gasteiger partial charge in [0.2, 0.25) is 5.91 Å². The molecule has 7 nitrogen and oxygen atoms in total. The number of hydrogen-bond donors (Lipinski definition) is 3. The lowest BCUT2D eigenvalue weighted by Crippen LogP contribution is -2.52. The Hall–Kier alpha value is -3.22. The van der Waals surface area contributed by atoms with E-state index in [2.05, 4.69) is 25.4 Å². The lowest BCUT2D eigenvalue weighted by molar-refractivity contribution is -0.121. The van der Waals surface area contributed by atoms with E-state index >= 15 is 0 Å². The summed E-state index contributed by atoms with van der Waals surface area (Å²) in [5.74, 6) is 1.15. The van der Waals surface area contributed by atoms with E-state index < -0.39 is 0 Å². The predicted octanol–water partition coefficient (Wildman–Crippen LogP) is 2.19. The largest absolute Gasteiger partial charge is 0.506 e. The number of benzene rings is 2. The summed E-state index contributed by atoms with van der Waals surface area (Å²) in [6.45, 7) is 7.03. The maximum atomic E-state index is 12.1. The number of phenols is 1. The summed E-state index contributed by atoms with van der Waals surface area (Å²) in [5.41, 5.74) is 1.96. The molecule has 0 atom stereocenters. The van der Waals surface area contributed by atoms with Gasteiger partial charge in [0.15, 0.2) is 5.96 Å². The van der Waals surface area contributed by atoms with Gasteiger partial charge in [0.25, 0.3) is 0 Å². The molecule has 2 aromatic carbocycles. The van der Waals surface area contributed by atoms with E-state index in [1.54, 1.807) is 6.07 Å². The molecule has 1 amide bonds. The number of anilines is 1. The van der Waals surface area contributed by atoms with Crippen molar-refractivity contribution < 1.29 is 9.90 Å². The second-order valence-corrected chi connectivity index (χ2v) is 7.21. The van der Waals surface area contributed by atoms with Crippen molar-refractivity contribution in [1.82, 2.24) is 15.5 Å². The molecule has 1 aliphatic rings. The highest BCUT2D eigenvalue weighted by atomic mass is 16.3. The molecule has 30 heavy (non-hydrogen) atoms. The lowest BCUT2D eigenvalue weighted by Gasteiger charge is -2.37. The van der Waals surface area contributed by atoms with Crippen LogP contribution in [0.4, 0.5) is 5.69 Å². The van der Waals surface area contributed by atoms with Crippen LogP contribution in [0.3, 0.4) is 0 Å². The van der Waals surface area contributed by atoms with Crippen LogP contribution >= 0.6 is 0 Å². The van der Waals surface area contributed by atoms with Crippen LogP contribution in [0, 0.1) is 0 Å². The monoisotopic (exact) mass is 409 g/mol. The molecule has 160 valence electrons. The molecule has 0 spiro atoms. The molecule has 1 aliphatic heterocycles. The summed E-state index contributed by atoms with van der Waals surface area (Å²) >= 11 is 0. The molecular formula is C23H31N5O2. The summed E-state index contributed by atoms with van der Waals surface area (Å²) in [7, 11) is 0. The molecule has 0 unspecified atom stereocenters. The Balaban J connectivity index is 1.47. The minimum atomic E-state index is 0.00261. The maximum Gasteiger partial charge on any atom is 0.222 e. The van der Waals surface area contributed by atoms with Crippen LogP contribution < -0.4 is 15.5 Å². The van der Waals surface area contributed by atoms with Gasteiger partial charge in [0.05, 0.1) is 12.2 Å². The molecule has 1 fully saturated rings. The number of carbonyl (C=O) groups excluding carboxylic acids is 1. The number of phenolic OH excluding ortho intramolecular Hbond substituents is 1. The summed E-state index contributed by atoms with van der Waals surface area (Å²) in [5, 5.41) is 16.3. The van der Waals surface area contributed by atoms with Crippen molar-refractivity contribution in [1.29, 1.82) is 0 Å². The topological polar surface area (TPSA) is 80.2 Å². The van der Waals surface area contributed by atoms with Crippen LogP contribution in [-0.2, 0) is 11.3 Å². The van der Waals surface area contributed by atoms with Gasteiger partial charge in [-0.1, -0.05) is 42.5 Å². The van der Waals surface area contributed by atoms with Gasteiger partial charge in [0.1, 0.15) is 5.75 Å². The van der Waals surface area contributed by atoms with Crippen molar-refractivity contribution >= 4 is 17.6 Å². The molecule has 2 aromatic rings. The Kier molecular flexibility index (Phi) is 7.94. The van der Waals surface area contributed by atoms with Gasteiger partial charge in [-0.05, 0) is 24.6 Å². The normalized spacial score (nSPS) is 14.5. The molecule has 3 rings (SSSR count). The SMILES string of the molecule is CCNC(=NCCC(=O)NCc1ccccc1)N1CCN(c2ccccc2O)CC1. The molecule has 7 heteroatoms. The van der Waals surface area contributed by atoms with Gasteiger partial charge < -0.3 is 25.5 Å². The molecule has 0 bridgehead atoms. The summed E-state index contributed by atoms with van der Waals surface area (Å²) in [4.78, 5) is 21.2. The number of piperazine rings is 1. The van der Waals surface area contributed by atoms with Crippen molar-refractivity contribution in [3.8, 4) is 5.75 Å².